The summed E-state index contributed by atoms with van der Waals surface area (Å²) in [5, 5.41) is 3.02. The van der Waals surface area contributed by atoms with Crippen LogP contribution in [0.15, 0.2) is 24.3 Å². The van der Waals surface area contributed by atoms with Crippen molar-refractivity contribution in [3.8, 4) is 0 Å². The van der Waals surface area contributed by atoms with Crippen molar-refractivity contribution in [3.05, 3.63) is 35.4 Å². The predicted octanol–water partition coefficient (Wildman–Crippen LogP) is 2.24. The summed E-state index contributed by atoms with van der Waals surface area (Å²) >= 11 is 0. The SMILES string of the molecule is CCCC(N)C(=O)NCC1C2Cc3ccccc3C12.Cl. The van der Waals surface area contributed by atoms with E-state index >= 15 is 0 Å². The van der Waals surface area contributed by atoms with Gasteiger partial charge in [0, 0.05) is 6.54 Å². The highest BCUT2D eigenvalue weighted by atomic mass is 35.5. The number of carbonyl (C=O) groups is 1. The third kappa shape index (κ3) is 2.70. The van der Waals surface area contributed by atoms with Crippen molar-refractivity contribution < 1.29 is 4.79 Å². The molecule has 1 fully saturated rings. The second-order valence-corrected chi connectivity index (χ2v) is 5.90. The number of carbonyl (C=O) groups excluding carboxylic acids is 1. The van der Waals surface area contributed by atoms with Crippen LogP contribution in [0.5, 0.6) is 0 Å². The fraction of sp³-hybridized carbons (Fsp3) is 0.562. The largest absolute Gasteiger partial charge is 0.354 e. The van der Waals surface area contributed by atoms with Gasteiger partial charge in [-0.25, -0.2) is 0 Å². The van der Waals surface area contributed by atoms with E-state index in [2.05, 4.69) is 36.5 Å². The second kappa shape index (κ2) is 6.15. The van der Waals surface area contributed by atoms with E-state index in [4.69, 9.17) is 5.73 Å². The average molecular weight is 295 g/mol. The Balaban J connectivity index is 0.00000147. The molecule has 1 aromatic rings. The summed E-state index contributed by atoms with van der Waals surface area (Å²) in [7, 11) is 0. The molecular formula is C16H23ClN2O. The summed E-state index contributed by atoms with van der Waals surface area (Å²) in [6.45, 7) is 2.84. The molecule has 0 aliphatic heterocycles. The maximum atomic E-state index is 11.8. The molecule has 110 valence electrons. The maximum Gasteiger partial charge on any atom is 0.236 e. The topological polar surface area (TPSA) is 55.1 Å². The van der Waals surface area contributed by atoms with E-state index in [-0.39, 0.29) is 24.4 Å². The average Bonchev–Trinajstić information content (AvgIpc) is 2.95. The Morgan fingerprint density at radius 3 is 2.95 bits per heavy atom. The highest BCUT2D eigenvalue weighted by molar-refractivity contribution is 5.85. The normalized spacial score (nSPS) is 27.0. The van der Waals surface area contributed by atoms with E-state index in [1.165, 1.54) is 17.5 Å². The van der Waals surface area contributed by atoms with E-state index < -0.39 is 0 Å². The molecule has 0 heterocycles. The summed E-state index contributed by atoms with van der Waals surface area (Å²) in [5.74, 6) is 2.08. The van der Waals surface area contributed by atoms with Crippen LogP contribution in [0.3, 0.4) is 0 Å². The van der Waals surface area contributed by atoms with Gasteiger partial charge in [0.2, 0.25) is 5.91 Å². The number of hydrogen-bond acceptors (Lipinski definition) is 2. The minimum atomic E-state index is -0.337. The third-order valence-electron chi connectivity index (χ3n) is 4.65. The Kier molecular flexibility index (Phi) is 4.71. The second-order valence-electron chi connectivity index (χ2n) is 5.90. The van der Waals surface area contributed by atoms with Gasteiger partial charge in [0.25, 0.3) is 0 Å². The molecule has 4 atom stereocenters. The Bertz CT molecular complexity index is 491. The summed E-state index contributed by atoms with van der Waals surface area (Å²) in [5.41, 5.74) is 8.82. The van der Waals surface area contributed by atoms with Gasteiger partial charge < -0.3 is 11.1 Å². The molecule has 2 aliphatic carbocycles. The number of halogens is 1. The molecule has 0 aromatic heterocycles. The summed E-state index contributed by atoms with van der Waals surface area (Å²) in [6.07, 6.45) is 2.91. The molecule has 0 bridgehead atoms. The molecule has 1 amide bonds. The van der Waals surface area contributed by atoms with E-state index in [0.717, 1.165) is 25.3 Å². The van der Waals surface area contributed by atoms with Crippen LogP contribution in [0.25, 0.3) is 0 Å². The third-order valence-corrected chi connectivity index (χ3v) is 4.65. The fourth-order valence-corrected chi connectivity index (χ4v) is 3.55. The Morgan fingerprint density at radius 2 is 2.20 bits per heavy atom. The van der Waals surface area contributed by atoms with Crippen LogP contribution < -0.4 is 11.1 Å². The van der Waals surface area contributed by atoms with Crippen LogP contribution in [0, 0.1) is 11.8 Å². The molecule has 3 N–H and O–H groups in total. The number of amides is 1. The highest BCUT2D eigenvalue weighted by Gasteiger charge is 2.55. The number of benzene rings is 1. The molecule has 3 rings (SSSR count). The lowest BCUT2D eigenvalue weighted by atomic mass is 10.0. The zero-order valence-electron chi connectivity index (χ0n) is 11.8. The minimum absolute atomic E-state index is 0. The van der Waals surface area contributed by atoms with Crippen molar-refractivity contribution in [1.29, 1.82) is 0 Å². The molecule has 2 aliphatic rings. The fourth-order valence-electron chi connectivity index (χ4n) is 3.55. The van der Waals surface area contributed by atoms with Crippen LogP contribution in [0.2, 0.25) is 0 Å². The Hall–Kier alpha value is -1.06. The van der Waals surface area contributed by atoms with Gasteiger partial charge in [-0.15, -0.1) is 12.4 Å². The number of fused-ring (bicyclic) bond motifs is 3. The first-order valence-corrected chi connectivity index (χ1v) is 7.33. The summed E-state index contributed by atoms with van der Waals surface area (Å²) in [4.78, 5) is 11.8. The van der Waals surface area contributed by atoms with Gasteiger partial charge in [0.05, 0.1) is 6.04 Å². The number of hydrogen-bond donors (Lipinski definition) is 2. The maximum absolute atomic E-state index is 11.8. The molecule has 1 aromatic carbocycles. The highest BCUT2D eigenvalue weighted by Crippen LogP contribution is 2.60. The monoisotopic (exact) mass is 294 g/mol. The van der Waals surface area contributed by atoms with Gasteiger partial charge >= 0.3 is 0 Å². The zero-order valence-corrected chi connectivity index (χ0v) is 12.7. The van der Waals surface area contributed by atoms with Crippen molar-refractivity contribution >= 4 is 18.3 Å². The zero-order chi connectivity index (χ0) is 13.4. The van der Waals surface area contributed by atoms with Crippen LogP contribution >= 0.6 is 12.4 Å². The van der Waals surface area contributed by atoms with Gasteiger partial charge in [-0.1, -0.05) is 37.6 Å². The first kappa shape index (κ1) is 15.3. The smallest absolute Gasteiger partial charge is 0.236 e. The molecule has 0 saturated heterocycles. The van der Waals surface area contributed by atoms with E-state index in [1.807, 2.05) is 0 Å². The number of nitrogens with two attached hydrogens (primary N) is 1. The van der Waals surface area contributed by atoms with Gasteiger partial charge in [-0.3, -0.25) is 4.79 Å². The standard InChI is InChI=1S/C16H22N2O.ClH/c1-2-5-14(17)16(19)18-9-13-12-8-10-6-3-4-7-11(10)15(12)13;/h3-4,6-7,12-15H,2,5,8-9,17H2,1H3,(H,18,19);1H. The van der Waals surface area contributed by atoms with Crippen molar-refractivity contribution in [3.63, 3.8) is 0 Å². The summed E-state index contributed by atoms with van der Waals surface area (Å²) < 4.78 is 0. The lowest BCUT2D eigenvalue weighted by Crippen LogP contribution is -2.41. The molecule has 1 saturated carbocycles. The van der Waals surface area contributed by atoms with Crippen molar-refractivity contribution in [1.82, 2.24) is 5.32 Å². The van der Waals surface area contributed by atoms with Gasteiger partial charge in [0.15, 0.2) is 0 Å². The van der Waals surface area contributed by atoms with Crippen molar-refractivity contribution in [2.45, 2.75) is 38.1 Å². The van der Waals surface area contributed by atoms with Crippen LogP contribution in [-0.2, 0) is 11.2 Å². The van der Waals surface area contributed by atoms with E-state index in [1.54, 1.807) is 0 Å². The van der Waals surface area contributed by atoms with Crippen molar-refractivity contribution in [2.75, 3.05) is 6.54 Å². The quantitative estimate of drug-likeness (QED) is 0.875. The molecule has 4 heteroatoms. The molecule has 3 nitrogen and oxygen atoms in total. The van der Waals surface area contributed by atoms with E-state index in [9.17, 15) is 4.79 Å². The first-order chi connectivity index (χ1) is 9.22. The molecule has 0 spiro atoms. The Labute approximate surface area is 126 Å². The van der Waals surface area contributed by atoms with Gasteiger partial charge in [0.1, 0.15) is 0 Å². The van der Waals surface area contributed by atoms with Gasteiger partial charge in [-0.2, -0.15) is 0 Å². The number of rotatable bonds is 5. The van der Waals surface area contributed by atoms with E-state index in [0.29, 0.717) is 11.8 Å². The van der Waals surface area contributed by atoms with Crippen LogP contribution in [0.4, 0.5) is 0 Å². The lowest BCUT2D eigenvalue weighted by molar-refractivity contribution is -0.122. The molecule has 0 radical (unpaired) electrons. The summed E-state index contributed by atoms with van der Waals surface area (Å²) in [6, 6.07) is 8.37. The molecule has 4 unspecified atom stereocenters. The van der Waals surface area contributed by atoms with Crippen LogP contribution in [-0.4, -0.2) is 18.5 Å². The van der Waals surface area contributed by atoms with Gasteiger partial charge in [-0.05, 0) is 41.7 Å². The lowest BCUT2D eigenvalue weighted by Gasteiger charge is -2.12. The predicted molar refractivity (Wildman–Crippen MR) is 83.0 cm³/mol. The number of nitrogens with one attached hydrogen (secondary N) is 1. The minimum Gasteiger partial charge on any atom is -0.354 e. The Morgan fingerprint density at radius 1 is 1.45 bits per heavy atom. The molecular weight excluding hydrogens is 272 g/mol. The first-order valence-electron chi connectivity index (χ1n) is 7.33. The molecule has 20 heavy (non-hydrogen) atoms. The van der Waals surface area contributed by atoms with Crippen molar-refractivity contribution in [2.24, 2.45) is 17.6 Å². The van der Waals surface area contributed by atoms with Crippen LogP contribution in [0.1, 0.15) is 36.8 Å².